The lowest BCUT2D eigenvalue weighted by atomic mass is 9.98. The van der Waals surface area contributed by atoms with Crippen molar-refractivity contribution in [1.82, 2.24) is 9.55 Å². The fraction of sp³-hybridized carbons (Fsp3) is 0.148. The van der Waals surface area contributed by atoms with Gasteiger partial charge >= 0.3 is 0 Å². The second kappa shape index (κ2) is 10.7. The van der Waals surface area contributed by atoms with Crippen molar-refractivity contribution < 1.29 is 5.11 Å². The molecule has 1 heterocycles. The first-order valence-electron chi connectivity index (χ1n) is 11.4. The molecule has 0 amide bonds. The average molecular weight is 484 g/mol. The summed E-state index contributed by atoms with van der Waals surface area (Å²) in [6.07, 6.45) is 0.357. The van der Waals surface area contributed by atoms with Crippen LogP contribution < -0.4 is 28.2 Å². The Bertz CT molecular complexity index is 1460. The minimum absolute atomic E-state index is 0.0664. The van der Waals surface area contributed by atoms with Crippen LogP contribution in [0.2, 0.25) is 0 Å². The van der Waals surface area contributed by atoms with Gasteiger partial charge in [0.1, 0.15) is 5.82 Å². The Morgan fingerprint density at radius 1 is 1.03 bits per heavy atom. The molecule has 8 N–H and O–H groups in total. The SMILES string of the molecule is CNc1nc(N)n(Cc2ccc(-c3ccccc3/C(N)=N/N)cc2)c(=O)c1Cc1cccc(CO)c1. The monoisotopic (exact) mass is 483 g/mol. The molecule has 184 valence electrons. The van der Waals surface area contributed by atoms with E-state index in [0.717, 1.165) is 33.4 Å². The summed E-state index contributed by atoms with van der Waals surface area (Å²) < 4.78 is 1.47. The quantitative estimate of drug-likeness (QED) is 0.111. The number of hydrazone groups is 1. The normalized spacial score (nSPS) is 11.4. The van der Waals surface area contributed by atoms with Crippen molar-refractivity contribution in [3.63, 3.8) is 0 Å². The number of benzene rings is 3. The maximum atomic E-state index is 13.5. The van der Waals surface area contributed by atoms with Crippen LogP contribution in [0.4, 0.5) is 11.8 Å². The number of nitrogens with one attached hydrogen (secondary N) is 1. The Balaban J connectivity index is 1.66. The summed E-state index contributed by atoms with van der Waals surface area (Å²) in [6, 6.07) is 22.9. The largest absolute Gasteiger partial charge is 0.392 e. The van der Waals surface area contributed by atoms with Crippen molar-refractivity contribution >= 4 is 17.6 Å². The lowest BCUT2D eigenvalue weighted by Gasteiger charge is -2.15. The summed E-state index contributed by atoms with van der Waals surface area (Å²) >= 11 is 0. The first-order chi connectivity index (χ1) is 17.4. The van der Waals surface area contributed by atoms with Crippen molar-refractivity contribution in [2.45, 2.75) is 19.6 Å². The number of hydrogen-bond donors (Lipinski definition) is 5. The molecule has 0 saturated carbocycles. The number of amidine groups is 1. The summed E-state index contributed by atoms with van der Waals surface area (Å²) in [6.45, 7) is 0.197. The van der Waals surface area contributed by atoms with Crippen molar-refractivity contribution in [3.05, 3.63) is 111 Å². The summed E-state index contributed by atoms with van der Waals surface area (Å²) in [5.41, 5.74) is 17.6. The molecule has 0 radical (unpaired) electrons. The molecule has 0 atom stereocenters. The molecular weight excluding hydrogens is 454 g/mol. The average Bonchev–Trinajstić information content (AvgIpc) is 2.92. The summed E-state index contributed by atoms with van der Waals surface area (Å²) in [5.74, 6) is 6.20. The number of hydrogen-bond acceptors (Lipinski definition) is 7. The molecule has 0 spiro atoms. The van der Waals surface area contributed by atoms with Gasteiger partial charge in [0.05, 0.1) is 18.7 Å². The van der Waals surface area contributed by atoms with Crippen molar-refractivity contribution in [1.29, 1.82) is 0 Å². The van der Waals surface area contributed by atoms with Gasteiger partial charge in [0, 0.05) is 19.0 Å². The molecule has 0 bridgehead atoms. The fourth-order valence-electron chi connectivity index (χ4n) is 4.17. The molecular formula is C27H29N7O2. The first-order valence-corrected chi connectivity index (χ1v) is 11.4. The standard InChI is InChI=1S/C27H29N7O2/c1-31-25-23(14-18-5-4-6-19(13-18)16-35)26(36)34(27(29)32-25)15-17-9-11-20(12-10-17)21-7-2-3-8-22(21)24(28)33-30/h2-13,31,35H,14-16,30H2,1H3,(H2,28,33)(H2,29,32). The Morgan fingerprint density at radius 2 is 1.75 bits per heavy atom. The minimum Gasteiger partial charge on any atom is -0.392 e. The number of aromatic nitrogens is 2. The van der Waals surface area contributed by atoms with E-state index in [-0.39, 0.29) is 30.5 Å². The maximum Gasteiger partial charge on any atom is 0.260 e. The van der Waals surface area contributed by atoms with Crippen molar-refractivity contribution in [3.8, 4) is 11.1 Å². The second-order valence-electron chi connectivity index (χ2n) is 8.35. The highest BCUT2D eigenvalue weighted by Gasteiger charge is 2.16. The highest BCUT2D eigenvalue weighted by Crippen LogP contribution is 2.24. The van der Waals surface area contributed by atoms with Crippen LogP contribution in [-0.2, 0) is 19.6 Å². The van der Waals surface area contributed by atoms with Gasteiger partial charge in [-0.1, -0.05) is 72.8 Å². The van der Waals surface area contributed by atoms with Crippen LogP contribution in [0.25, 0.3) is 11.1 Å². The third-order valence-corrected chi connectivity index (χ3v) is 6.03. The maximum absolute atomic E-state index is 13.5. The third kappa shape index (κ3) is 5.06. The summed E-state index contributed by atoms with van der Waals surface area (Å²) in [5, 5.41) is 16.0. The number of nitrogens with two attached hydrogens (primary N) is 3. The zero-order valence-electron chi connectivity index (χ0n) is 20.0. The molecule has 0 aliphatic carbocycles. The van der Waals surface area contributed by atoms with E-state index in [4.69, 9.17) is 17.3 Å². The molecule has 36 heavy (non-hydrogen) atoms. The van der Waals surface area contributed by atoms with E-state index in [9.17, 15) is 9.90 Å². The Hall–Kier alpha value is -4.63. The highest BCUT2D eigenvalue weighted by atomic mass is 16.3. The number of nitrogens with zero attached hydrogens (tertiary/aromatic N) is 3. The zero-order valence-corrected chi connectivity index (χ0v) is 20.0. The van der Waals surface area contributed by atoms with E-state index in [0.29, 0.717) is 17.8 Å². The zero-order chi connectivity index (χ0) is 25.7. The molecule has 4 rings (SSSR count). The molecule has 9 heteroatoms. The summed E-state index contributed by atoms with van der Waals surface area (Å²) in [7, 11) is 1.71. The van der Waals surface area contributed by atoms with E-state index in [1.165, 1.54) is 4.57 Å². The molecule has 9 nitrogen and oxygen atoms in total. The molecule has 1 aromatic heterocycles. The van der Waals surface area contributed by atoms with Crippen molar-refractivity contribution in [2.24, 2.45) is 16.7 Å². The highest BCUT2D eigenvalue weighted by molar-refractivity contribution is 6.03. The Morgan fingerprint density at radius 3 is 2.44 bits per heavy atom. The van der Waals surface area contributed by atoms with E-state index in [1.807, 2.05) is 72.8 Å². The third-order valence-electron chi connectivity index (χ3n) is 6.03. The first kappa shape index (κ1) is 24.5. The lowest BCUT2D eigenvalue weighted by molar-refractivity contribution is 0.281. The molecule has 0 unspecified atom stereocenters. The number of nitrogen functional groups attached to an aromatic ring is 1. The number of aliphatic hydroxyl groups excluding tert-OH is 1. The Kier molecular flexibility index (Phi) is 7.31. The minimum atomic E-state index is -0.220. The van der Waals surface area contributed by atoms with E-state index >= 15 is 0 Å². The van der Waals surface area contributed by atoms with Crippen LogP contribution in [0.15, 0.2) is 82.7 Å². The lowest BCUT2D eigenvalue weighted by Crippen LogP contribution is -2.29. The molecule has 4 aromatic rings. The van der Waals surface area contributed by atoms with Crippen LogP contribution in [0, 0.1) is 0 Å². The van der Waals surface area contributed by atoms with Crippen LogP contribution in [0.3, 0.4) is 0 Å². The topological polar surface area (TPSA) is 158 Å². The van der Waals surface area contributed by atoms with Gasteiger partial charge in [-0.3, -0.25) is 9.36 Å². The van der Waals surface area contributed by atoms with Gasteiger partial charge in [-0.15, -0.1) is 0 Å². The molecule has 0 saturated heterocycles. The summed E-state index contributed by atoms with van der Waals surface area (Å²) in [4.78, 5) is 17.9. The van der Waals surface area contributed by atoms with Gasteiger partial charge in [-0.05, 0) is 27.8 Å². The van der Waals surface area contributed by atoms with Crippen LogP contribution >= 0.6 is 0 Å². The van der Waals surface area contributed by atoms with E-state index in [2.05, 4.69) is 15.4 Å². The predicted molar refractivity (Wildman–Crippen MR) is 144 cm³/mol. The van der Waals surface area contributed by atoms with Crippen LogP contribution in [-0.4, -0.2) is 27.5 Å². The molecule has 0 aliphatic rings. The molecule has 0 aliphatic heterocycles. The smallest absolute Gasteiger partial charge is 0.260 e. The number of rotatable bonds is 8. The van der Waals surface area contributed by atoms with Crippen LogP contribution in [0.1, 0.15) is 27.8 Å². The van der Waals surface area contributed by atoms with E-state index in [1.54, 1.807) is 7.05 Å². The van der Waals surface area contributed by atoms with E-state index < -0.39 is 0 Å². The molecule has 3 aromatic carbocycles. The number of anilines is 2. The van der Waals surface area contributed by atoms with Gasteiger partial charge in [0.2, 0.25) is 5.95 Å². The van der Waals surface area contributed by atoms with Crippen molar-refractivity contribution in [2.75, 3.05) is 18.1 Å². The van der Waals surface area contributed by atoms with Gasteiger partial charge in [0.15, 0.2) is 5.84 Å². The van der Waals surface area contributed by atoms with Crippen LogP contribution in [0.5, 0.6) is 0 Å². The van der Waals surface area contributed by atoms with Gasteiger partial charge < -0.3 is 27.7 Å². The Labute approximate surface area is 208 Å². The molecule has 0 fully saturated rings. The predicted octanol–water partition coefficient (Wildman–Crippen LogP) is 2.24. The van der Waals surface area contributed by atoms with Gasteiger partial charge in [-0.2, -0.15) is 10.1 Å². The fourth-order valence-corrected chi connectivity index (χ4v) is 4.17. The number of aliphatic hydroxyl groups is 1. The van der Waals surface area contributed by atoms with Gasteiger partial charge in [0.25, 0.3) is 5.56 Å². The van der Waals surface area contributed by atoms with Gasteiger partial charge in [-0.25, -0.2) is 0 Å². The second-order valence-corrected chi connectivity index (χ2v) is 8.35.